The average Bonchev–Trinajstić information content (AvgIpc) is 3.03. The summed E-state index contributed by atoms with van der Waals surface area (Å²) in [6, 6.07) is 19.9. The molecule has 1 N–H and O–H groups in total. The molecule has 32 heavy (non-hydrogen) atoms. The topological polar surface area (TPSA) is 66.8 Å². The molecule has 3 aliphatic rings. The number of fused-ring (bicyclic) bond motifs is 3. The predicted octanol–water partition coefficient (Wildman–Crippen LogP) is 3.64. The van der Waals surface area contributed by atoms with Crippen LogP contribution in [0.25, 0.3) is 0 Å². The van der Waals surface area contributed by atoms with Gasteiger partial charge in [-0.15, -0.1) is 0 Å². The molecular formula is C26H28BNO4. The molecule has 2 amide bonds. The first kappa shape index (κ1) is 21.2. The number of benzene rings is 2. The Kier molecular flexibility index (Phi) is 5.74. The number of likely N-dealkylation sites (tertiary alicyclic amines) is 1. The van der Waals surface area contributed by atoms with Gasteiger partial charge in [-0.25, -0.2) is 0 Å². The van der Waals surface area contributed by atoms with Crippen LogP contribution in [0.15, 0.2) is 71.8 Å². The number of hydrogen-bond acceptors (Lipinski definition) is 4. The molecule has 2 fully saturated rings. The second kappa shape index (κ2) is 8.68. The highest BCUT2D eigenvalue weighted by Gasteiger charge is 2.56. The lowest BCUT2D eigenvalue weighted by Crippen LogP contribution is -2.46. The van der Waals surface area contributed by atoms with Crippen molar-refractivity contribution in [2.75, 3.05) is 0 Å². The van der Waals surface area contributed by atoms with Crippen LogP contribution in [0.1, 0.15) is 30.9 Å². The minimum absolute atomic E-state index is 0.0796. The molecule has 2 aliphatic heterocycles. The Hall–Kier alpha value is -2.70. The molecule has 0 saturated carbocycles. The zero-order valence-electron chi connectivity index (χ0n) is 18.3. The van der Waals surface area contributed by atoms with E-state index in [0.717, 1.165) is 29.6 Å². The number of rotatable bonds is 5. The molecule has 0 spiro atoms. The van der Waals surface area contributed by atoms with Crippen molar-refractivity contribution in [3.05, 3.63) is 82.9 Å². The fraction of sp³-hybridized carbons (Fsp3) is 0.385. The lowest BCUT2D eigenvalue weighted by atomic mass is 9.59. The van der Waals surface area contributed by atoms with E-state index >= 15 is 0 Å². The molecule has 5 nitrogen and oxygen atoms in total. The molecule has 2 aromatic carbocycles. The highest BCUT2D eigenvalue weighted by molar-refractivity contribution is 6.43. The second-order valence-corrected chi connectivity index (χ2v) is 9.27. The molecule has 5 rings (SSSR count). The van der Waals surface area contributed by atoms with Crippen LogP contribution in [0.5, 0.6) is 0 Å². The van der Waals surface area contributed by atoms with E-state index in [4.69, 9.17) is 4.65 Å². The Balaban J connectivity index is 1.39. The average molecular weight is 429 g/mol. The highest BCUT2D eigenvalue weighted by Crippen LogP contribution is 2.50. The van der Waals surface area contributed by atoms with Gasteiger partial charge in [-0.3, -0.25) is 14.5 Å². The fourth-order valence-corrected chi connectivity index (χ4v) is 5.85. The first-order chi connectivity index (χ1) is 15.5. The van der Waals surface area contributed by atoms with Crippen molar-refractivity contribution in [1.29, 1.82) is 0 Å². The third kappa shape index (κ3) is 3.82. The maximum Gasteiger partial charge on any atom is 0.455 e. The third-order valence-electron chi connectivity index (χ3n) is 7.27. The van der Waals surface area contributed by atoms with Crippen LogP contribution in [0, 0.1) is 17.8 Å². The van der Waals surface area contributed by atoms with E-state index in [1.807, 2.05) is 48.5 Å². The van der Waals surface area contributed by atoms with Gasteiger partial charge in [-0.1, -0.05) is 66.2 Å². The summed E-state index contributed by atoms with van der Waals surface area (Å²) in [6.45, 7) is 2.37. The minimum atomic E-state index is -0.915. The van der Waals surface area contributed by atoms with Gasteiger partial charge in [0, 0.05) is 0 Å². The zero-order chi connectivity index (χ0) is 22.2. The Labute approximate surface area is 189 Å². The summed E-state index contributed by atoms with van der Waals surface area (Å²) in [5, 5.41) is 10.5. The first-order valence-electron chi connectivity index (χ1n) is 11.5. The van der Waals surface area contributed by atoms with Gasteiger partial charge < -0.3 is 9.68 Å². The number of allylic oxidation sites excluding steroid dienone is 1. The van der Waals surface area contributed by atoms with Crippen LogP contribution >= 0.6 is 0 Å². The van der Waals surface area contributed by atoms with E-state index in [9.17, 15) is 14.6 Å². The molecule has 0 aromatic heterocycles. The van der Waals surface area contributed by atoms with Gasteiger partial charge in [-0.05, 0) is 55.1 Å². The summed E-state index contributed by atoms with van der Waals surface area (Å²) in [6.07, 6.45) is 2.32. The van der Waals surface area contributed by atoms with Crippen LogP contribution in [0.4, 0.5) is 0 Å². The van der Waals surface area contributed by atoms with Gasteiger partial charge in [-0.2, -0.15) is 0 Å². The molecule has 164 valence electrons. The maximum absolute atomic E-state index is 13.5. The molecule has 6 heteroatoms. The smallest absolute Gasteiger partial charge is 0.427 e. The third-order valence-corrected chi connectivity index (χ3v) is 7.27. The van der Waals surface area contributed by atoms with Crippen molar-refractivity contribution in [2.45, 2.75) is 45.2 Å². The monoisotopic (exact) mass is 429 g/mol. The maximum atomic E-state index is 13.5. The lowest BCUT2D eigenvalue weighted by molar-refractivity contribution is -0.140. The van der Waals surface area contributed by atoms with Crippen molar-refractivity contribution in [2.24, 2.45) is 17.8 Å². The van der Waals surface area contributed by atoms with Crippen LogP contribution in [0.2, 0.25) is 6.32 Å². The number of nitrogens with zero attached hydrogens (tertiary/aromatic N) is 1. The van der Waals surface area contributed by atoms with E-state index < -0.39 is 13.0 Å². The molecular weight excluding hydrogens is 401 g/mol. The Bertz CT molecular complexity index is 1040. The van der Waals surface area contributed by atoms with Gasteiger partial charge in [0.15, 0.2) is 0 Å². The van der Waals surface area contributed by atoms with Crippen LogP contribution in [-0.4, -0.2) is 35.0 Å². The quantitative estimate of drug-likeness (QED) is 0.448. The summed E-state index contributed by atoms with van der Waals surface area (Å²) in [5.41, 5.74) is 4.45. The van der Waals surface area contributed by atoms with E-state index in [2.05, 4.69) is 19.1 Å². The minimum Gasteiger partial charge on any atom is -0.427 e. The number of aryl methyl sites for hydroxylation is 1. The number of amides is 2. The van der Waals surface area contributed by atoms with E-state index in [1.54, 1.807) is 0 Å². The molecule has 2 saturated heterocycles. The summed E-state index contributed by atoms with van der Waals surface area (Å²) in [5.74, 6) is -1.06. The normalized spacial score (nSPS) is 27.6. The Morgan fingerprint density at radius 3 is 2.31 bits per heavy atom. The Morgan fingerprint density at radius 1 is 0.969 bits per heavy atom. The SMILES string of the molecule is CC1=C2[C@@H](CCc3ccccc3)OB(O)C[C@@H]2[C@@H]2C(=O)N(Cc3ccccc3)C(=O)[C@@H]2C1. The molecule has 1 aliphatic carbocycles. The molecule has 0 radical (unpaired) electrons. The van der Waals surface area contributed by atoms with Crippen molar-refractivity contribution < 1.29 is 19.3 Å². The van der Waals surface area contributed by atoms with Crippen molar-refractivity contribution in [1.82, 2.24) is 4.90 Å². The molecule has 0 unspecified atom stereocenters. The van der Waals surface area contributed by atoms with Crippen LogP contribution in [-0.2, 0) is 27.2 Å². The van der Waals surface area contributed by atoms with Crippen molar-refractivity contribution >= 4 is 18.9 Å². The van der Waals surface area contributed by atoms with Gasteiger partial charge in [0.2, 0.25) is 11.8 Å². The largest absolute Gasteiger partial charge is 0.455 e. The summed E-state index contributed by atoms with van der Waals surface area (Å²) < 4.78 is 5.97. The number of carbonyl (C=O) groups excluding carboxylic acids is 2. The Morgan fingerprint density at radius 2 is 1.62 bits per heavy atom. The van der Waals surface area contributed by atoms with E-state index in [-0.39, 0.29) is 29.8 Å². The van der Waals surface area contributed by atoms with E-state index in [0.29, 0.717) is 19.3 Å². The number of carbonyl (C=O) groups is 2. The number of hydrogen-bond donors (Lipinski definition) is 1. The summed E-state index contributed by atoms with van der Waals surface area (Å²) >= 11 is 0. The molecule has 4 atom stereocenters. The van der Waals surface area contributed by atoms with Crippen LogP contribution < -0.4 is 0 Å². The van der Waals surface area contributed by atoms with Gasteiger partial charge in [0.25, 0.3) is 0 Å². The first-order valence-corrected chi connectivity index (χ1v) is 11.5. The van der Waals surface area contributed by atoms with Crippen LogP contribution in [0.3, 0.4) is 0 Å². The van der Waals surface area contributed by atoms with E-state index in [1.165, 1.54) is 10.5 Å². The van der Waals surface area contributed by atoms with Gasteiger partial charge >= 0.3 is 7.12 Å². The van der Waals surface area contributed by atoms with Gasteiger partial charge in [0.05, 0.1) is 24.5 Å². The molecule has 0 bridgehead atoms. The standard InChI is InChI=1S/C26H28BNO4/c1-17-14-20-24(26(30)28(25(20)29)16-19-10-6-3-7-11-19)21-15-27(31)32-22(23(17)21)13-12-18-8-4-2-5-9-18/h2-11,20-22,24,31H,12-16H2,1H3/t20-,21+,22-,24-/m1/s1. The van der Waals surface area contributed by atoms with Crippen molar-refractivity contribution in [3.63, 3.8) is 0 Å². The molecule has 2 aromatic rings. The lowest BCUT2D eigenvalue weighted by Gasteiger charge is -2.42. The molecule has 2 heterocycles. The highest BCUT2D eigenvalue weighted by atomic mass is 16.5. The summed E-state index contributed by atoms with van der Waals surface area (Å²) in [4.78, 5) is 28.1. The number of imide groups is 1. The predicted molar refractivity (Wildman–Crippen MR) is 122 cm³/mol. The fourth-order valence-electron chi connectivity index (χ4n) is 5.85. The van der Waals surface area contributed by atoms with Gasteiger partial charge in [0.1, 0.15) is 0 Å². The van der Waals surface area contributed by atoms with Crippen molar-refractivity contribution in [3.8, 4) is 0 Å². The second-order valence-electron chi connectivity index (χ2n) is 9.27. The summed E-state index contributed by atoms with van der Waals surface area (Å²) in [7, 11) is -0.915. The zero-order valence-corrected chi connectivity index (χ0v) is 18.3.